The van der Waals surface area contributed by atoms with Crippen LogP contribution in [0.5, 0.6) is 11.5 Å². The summed E-state index contributed by atoms with van der Waals surface area (Å²) in [5.74, 6) is -2.03. The predicted molar refractivity (Wildman–Crippen MR) is 95.4 cm³/mol. The number of hydrogen-bond donors (Lipinski definition) is 3. The molecule has 0 radical (unpaired) electrons. The van der Waals surface area contributed by atoms with Crippen molar-refractivity contribution in [3.05, 3.63) is 39.8 Å². The van der Waals surface area contributed by atoms with Crippen molar-refractivity contribution in [2.45, 2.75) is 19.8 Å². The molecular weight excluding hydrogens is 372 g/mol. The van der Waals surface area contributed by atoms with Gasteiger partial charge in [-0.3, -0.25) is 4.79 Å². The molecule has 2 aromatic rings. The molecule has 0 bridgehead atoms. The molecule has 0 fully saturated rings. The van der Waals surface area contributed by atoms with Crippen LogP contribution in [0.25, 0.3) is 0 Å². The third-order valence-electron chi connectivity index (χ3n) is 3.30. The molecule has 9 heteroatoms. The van der Waals surface area contributed by atoms with E-state index in [0.717, 1.165) is 5.56 Å². The number of nitrogens with one attached hydrogen (secondary N) is 1. The maximum Gasteiger partial charge on any atom is 0.322 e. The number of nitrogens with zero attached hydrogens (tertiary/aromatic N) is 1. The maximum atomic E-state index is 13.9. The molecule has 0 spiro atoms. The van der Waals surface area contributed by atoms with Crippen LogP contribution in [0, 0.1) is 5.95 Å². The van der Waals surface area contributed by atoms with Gasteiger partial charge in [-0.1, -0.05) is 37.0 Å². The Morgan fingerprint density at radius 2 is 2.08 bits per heavy atom. The lowest BCUT2D eigenvalue weighted by atomic mass is 10.0. The Morgan fingerprint density at radius 1 is 1.40 bits per heavy atom. The number of nitrogens with two attached hydrogens (primary N) is 1. The van der Waals surface area contributed by atoms with E-state index in [4.69, 9.17) is 38.8 Å². The summed E-state index contributed by atoms with van der Waals surface area (Å²) in [6, 6.07) is 4.96. The lowest BCUT2D eigenvalue weighted by Crippen LogP contribution is -2.14. The fourth-order valence-electron chi connectivity index (χ4n) is 2.09. The van der Waals surface area contributed by atoms with Crippen molar-refractivity contribution in [3.63, 3.8) is 0 Å². The molecule has 0 unspecified atom stereocenters. The fraction of sp³-hybridized carbons (Fsp3) is 0.250. The fourth-order valence-corrected chi connectivity index (χ4v) is 2.56. The van der Waals surface area contributed by atoms with Gasteiger partial charge in [0, 0.05) is 5.69 Å². The summed E-state index contributed by atoms with van der Waals surface area (Å²) in [6.45, 7) is 3.44. The van der Waals surface area contributed by atoms with E-state index in [2.05, 4.69) is 10.3 Å². The van der Waals surface area contributed by atoms with Crippen LogP contribution in [-0.2, 0) is 4.79 Å². The zero-order valence-electron chi connectivity index (χ0n) is 13.4. The van der Waals surface area contributed by atoms with E-state index in [9.17, 15) is 9.18 Å². The van der Waals surface area contributed by atoms with Crippen molar-refractivity contribution >= 4 is 40.7 Å². The summed E-state index contributed by atoms with van der Waals surface area (Å²) in [5, 5.41) is 10.6. The zero-order chi connectivity index (χ0) is 18.7. The number of carboxylic acids is 1. The lowest BCUT2D eigenvalue weighted by molar-refractivity contribution is -0.134. The molecule has 1 aromatic carbocycles. The molecule has 0 aliphatic carbocycles. The second kappa shape index (κ2) is 7.76. The number of aromatic nitrogens is 1. The molecule has 134 valence electrons. The minimum atomic E-state index is -1.16. The van der Waals surface area contributed by atoms with E-state index in [0.29, 0.717) is 11.4 Å². The van der Waals surface area contributed by atoms with E-state index >= 15 is 0 Å². The normalized spacial score (nSPS) is 10.8. The second-order valence-electron chi connectivity index (χ2n) is 5.50. The van der Waals surface area contributed by atoms with E-state index in [1.807, 2.05) is 13.8 Å². The quantitative estimate of drug-likeness (QED) is 0.497. The molecule has 25 heavy (non-hydrogen) atoms. The van der Waals surface area contributed by atoms with Gasteiger partial charge in [0.05, 0.1) is 0 Å². The van der Waals surface area contributed by atoms with Gasteiger partial charge in [0.25, 0.3) is 0 Å². The number of halogens is 3. The number of rotatable bonds is 6. The van der Waals surface area contributed by atoms with E-state index in [1.165, 1.54) is 0 Å². The van der Waals surface area contributed by atoms with Gasteiger partial charge in [-0.2, -0.15) is 9.37 Å². The highest BCUT2D eigenvalue weighted by Gasteiger charge is 2.20. The van der Waals surface area contributed by atoms with Crippen LogP contribution in [0.3, 0.4) is 0 Å². The van der Waals surface area contributed by atoms with Gasteiger partial charge in [0.2, 0.25) is 5.95 Å². The van der Waals surface area contributed by atoms with Crippen LogP contribution >= 0.6 is 23.2 Å². The molecular formula is C16H16Cl2FN3O3. The minimum absolute atomic E-state index is 0.129. The highest BCUT2D eigenvalue weighted by Crippen LogP contribution is 2.41. The molecule has 0 saturated carbocycles. The first-order valence-electron chi connectivity index (χ1n) is 7.28. The number of benzene rings is 1. The Bertz CT molecular complexity index is 816. The Morgan fingerprint density at radius 3 is 2.68 bits per heavy atom. The number of ether oxygens (including phenoxy) is 1. The molecule has 1 aromatic heterocycles. The molecule has 4 N–H and O–H groups in total. The number of hydrogen-bond acceptors (Lipinski definition) is 5. The van der Waals surface area contributed by atoms with Crippen LogP contribution in [0.15, 0.2) is 18.2 Å². The summed E-state index contributed by atoms with van der Waals surface area (Å²) in [7, 11) is 0. The lowest BCUT2D eigenvalue weighted by Gasteiger charge is -2.15. The number of carboxylic acid groups (broad SMARTS) is 1. The SMILES string of the molecule is CC(C)c1cc(Oc2c(Cl)c(F)nc(NCC(=O)O)c2Cl)ccc1N. The summed E-state index contributed by atoms with van der Waals surface area (Å²) >= 11 is 12.0. The van der Waals surface area contributed by atoms with Crippen LogP contribution in [0.4, 0.5) is 15.9 Å². The number of pyridine rings is 1. The van der Waals surface area contributed by atoms with Gasteiger partial charge >= 0.3 is 5.97 Å². The Labute approximate surface area is 153 Å². The predicted octanol–water partition coefficient (Wildman–Crippen LogP) is 4.52. The first-order chi connectivity index (χ1) is 11.7. The molecule has 6 nitrogen and oxygen atoms in total. The van der Waals surface area contributed by atoms with Crippen LogP contribution in [0.1, 0.15) is 25.3 Å². The molecule has 0 aliphatic heterocycles. The highest BCUT2D eigenvalue weighted by molar-refractivity contribution is 6.38. The average molecular weight is 388 g/mol. The first-order valence-corrected chi connectivity index (χ1v) is 8.03. The van der Waals surface area contributed by atoms with Crippen molar-refractivity contribution < 1.29 is 19.0 Å². The van der Waals surface area contributed by atoms with Gasteiger partial charge < -0.3 is 20.9 Å². The third-order valence-corrected chi connectivity index (χ3v) is 3.98. The second-order valence-corrected chi connectivity index (χ2v) is 6.26. The van der Waals surface area contributed by atoms with Crippen molar-refractivity contribution in [3.8, 4) is 11.5 Å². The Kier molecular flexibility index (Phi) is 5.92. The van der Waals surface area contributed by atoms with Gasteiger partial charge in [-0.05, 0) is 29.7 Å². The number of nitrogen functional groups attached to an aromatic ring is 1. The number of aliphatic carboxylic acids is 1. The van der Waals surface area contributed by atoms with Crippen LogP contribution in [-0.4, -0.2) is 22.6 Å². The summed E-state index contributed by atoms with van der Waals surface area (Å²) in [4.78, 5) is 14.2. The average Bonchev–Trinajstić information content (AvgIpc) is 2.54. The van der Waals surface area contributed by atoms with Crippen molar-refractivity contribution in [1.82, 2.24) is 4.98 Å². The first kappa shape index (κ1) is 19.1. The van der Waals surface area contributed by atoms with Gasteiger partial charge in [0.1, 0.15) is 22.3 Å². The van der Waals surface area contributed by atoms with Gasteiger partial charge in [0.15, 0.2) is 11.6 Å². The van der Waals surface area contributed by atoms with E-state index in [1.54, 1.807) is 18.2 Å². The summed E-state index contributed by atoms with van der Waals surface area (Å²) in [6.07, 6.45) is 0. The topological polar surface area (TPSA) is 97.5 Å². The summed E-state index contributed by atoms with van der Waals surface area (Å²) in [5.41, 5.74) is 7.37. The smallest absolute Gasteiger partial charge is 0.322 e. The minimum Gasteiger partial charge on any atom is -0.480 e. The highest BCUT2D eigenvalue weighted by atomic mass is 35.5. The van der Waals surface area contributed by atoms with Crippen molar-refractivity contribution in [2.24, 2.45) is 0 Å². The largest absolute Gasteiger partial charge is 0.480 e. The molecule has 0 atom stereocenters. The van der Waals surface area contributed by atoms with Gasteiger partial charge in [-0.25, -0.2) is 0 Å². The van der Waals surface area contributed by atoms with Gasteiger partial charge in [-0.15, -0.1) is 0 Å². The number of anilines is 2. The number of carbonyl (C=O) groups is 1. The molecule has 1 heterocycles. The maximum absolute atomic E-state index is 13.9. The third kappa shape index (κ3) is 4.43. The Balaban J connectivity index is 2.42. The molecule has 0 saturated heterocycles. The zero-order valence-corrected chi connectivity index (χ0v) is 15.0. The van der Waals surface area contributed by atoms with Crippen LogP contribution in [0.2, 0.25) is 10.0 Å². The van der Waals surface area contributed by atoms with Crippen molar-refractivity contribution in [1.29, 1.82) is 0 Å². The van der Waals surface area contributed by atoms with Crippen molar-refractivity contribution in [2.75, 3.05) is 17.6 Å². The monoisotopic (exact) mass is 387 g/mol. The van der Waals surface area contributed by atoms with E-state index in [-0.39, 0.29) is 22.5 Å². The van der Waals surface area contributed by atoms with Crippen LogP contribution < -0.4 is 15.8 Å². The standard InChI is InChI=1S/C16H16Cl2FN3O3/c1-7(2)9-5-8(3-4-10(9)20)25-14-12(17)15(19)22-16(13(14)18)21-6-11(23)24/h3-5,7H,6,20H2,1-2H3,(H,21,22)(H,23,24). The summed E-state index contributed by atoms with van der Waals surface area (Å²) < 4.78 is 19.6. The molecule has 0 aliphatic rings. The van der Waals surface area contributed by atoms with E-state index < -0.39 is 23.5 Å². The Hall–Kier alpha value is -2.25. The molecule has 0 amide bonds. The molecule has 2 rings (SSSR count).